The number of carboxylic acid groups (broad SMARTS) is 1. The molecule has 0 aliphatic carbocycles. The monoisotopic (exact) mass is 161 g/mol. The Kier molecular flexibility index (Phi) is 4.33. The van der Waals surface area contributed by atoms with E-state index < -0.39 is 5.97 Å². The quantitative estimate of drug-likeness (QED) is 0.495. The van der Waals surface area contributed by atoms with E-state index in [-0.39, 0.29) is 36.5 Å². The van der Waals surface area contributed by atoms with Crippen LogP contribution in [0, 0.1) is 6.92 Å². The molecule has 1 heterocycles. The van der Waals surface area contributed by atoms with Crippen LogP contribution < -0.4 is 29.6 Å². The smallest absolute Gasteiger partial charge is 1.00 e. The van der Waals surface area contributed by atoms with E-state index in [4.69, 9.17) is 5.11 Å². The van der Waals surface area contributed by atoms with Crippen molar-refractivity contribution in [1.29, 1.82) is 0 Å². The van der Waals surface area contributed by atoms with E-state index in [1.807, 2.05) is 0 Å². The van der Waals surface area contributed by atoms with Crippen LogP contribution in [0.2, 0.25) is 0 Å². The van der Waals surface area contributed by atoms with E-state index in [1.165, 1.54) is 6.20 Å². The van der Waals surface area contributed by atoms with Gasteiger partial charge in [-0.3, -0.25) is 4.98 Å². The van der Waals surface area contributed by atoms with Crippen molar-refractivity contribution in [3.8, 4) is 0 Å². The molecule has 0 unspecified atom stereocenters. The van der Waals surface area contributed by atoms with E-state index in [0.717, 1.165) is 5.56 Å². The van der Waals surface area contributed by atoms with Crippen LogP contribution >= 0.6 is 0 Å². The second-order valence-electron chi connectivity index (χ2n) is 2.06. The molecule has 1 rings (SSSR count). The topological polar surface area (TPSA) is 50.2 Å². The van der Waals surface area contributed by atoms with E-state index in [0.29, 0.717) is 0 Å². The normalized spacial score (nSPS) is 8.45. The van der Waals surface area contributed by atoms with Crippen molar-refractivity contribution in [2.24, 2.45) is 0 Å². The van der Waals surface area contributed by atoms with Gasteiger partial charge in [-0.05, 0) is 18.6 Å². The van der Waals surface area contributed by atoms with Gasteiger partial charge in [0.15, 0.2) is 0 Å². The standard InChI is InChI=1S/C7H7NO2.Na.H/c1-5-2-6(7(9)10)4-8-3-5;;/h2-4H,1H3,(H,9,10);;/q;+1;-1. The Morgan fingerprint density at radius 3 is 2.64 bits per heavy atom. The Morgan fingerprint density at radius 2 is 2.27 bits per heavy atom. The molecule has 0 amide bonds. The van der Waals surface area contributed by atoms with Gasteiger partial charge in [0.25, 0.3) is 0 Å². The number of aromatic carboxylic acids is 1. The van der Waals surface area contributed by atoms with Crippen molar-refractivity contribution in [2.45, 2.75) is 6.92 Å². The summed E-state index contributed by atoms with van der Waals surface area (Å²) >= 11 is 0. The largest absolute Gasteiger partial charge is 1.00 e. The number of aryl methyl sites for hydroxylation is 1. The Labute approximate surface area is 88.2 Å². The maximum atomic E-state index is 10.3. The number of rotatable bonds is 1. The van der Waals surface area contributed by atoms with Crippen LogP contribution in [-0.2, 0) is 0 Å². The van der Waals surface area contributed by atoms with E-state index in [1.54, 1.807) is 19.2 Å². The first-order valence-electron chi connectivity index (χ1n) is 2.85. The van der Waals surface area contributed by atoms with E-state index in [2.05, 4.69) is 4.98 Å². The Bertz CT molecular complexity index is 267. The second kappa shape index (κ2) is 4.49. The molecule has 11 heavy (non-hydrogen) atoms. The fourth-order valence-electron chi connectivity index (χ4n) is 0.672. The molecule has 0 bridgehead atoms. The molecular formula is C7H8NNaO2. The van der Waals surface area contributed by atoms with Crippen LogP contribution in [0.1, 0.15) is 17.3 Å². The van der Waals surface area contributed by atoms with Gasteiger partial charge in [-0.25, -0.2) is 4.79 Å². The number of hydrogen-bond donors (Lipinski definition) is 1. The first kappa shape index (κ1) is 10.6. The van der Waals surface area contributed by atoms with Crippen LogP contribution in [-0.4, -0.2) is 16.1 Å². The summed E-state index contributed by atoms with van der Waals surface area (Å²) in [6.45, 7) is 1.80. The van der Waals surface area contributed by atoms with E-state index in [9.17, 15) is 4.79 Å². The maximum Gasteiger partial charge on any atom is 1.00 e. The van der Waals surface area contributed by atoms with Gasteiger partial charge in [-0.2, -0.15) is 0 Å². The first-order chi connectivity index (χ1) is 4.70. The third-order valence-electron chi connectivity index (χ3n) is 1.12. The van der Waals surface area contributed by atoms with Crippen LogP contribution in [0.15, 0.2) is 18.5 Å². The van der Waals surface area contributed by atoms with Gasteiger partial charge in [0, 0.05) is 12.4 Å². The predicted molar refractivity (Wildman–Crippen MR) is 37.0 cm³/mol. The molecule has 54 valence electrons. The molecule has 0 aliphatic rings. The summed E-state index contributed by atoms with van der Waals surface area (Å²) in [7, 11) is 0. The summed E-state index contributed by atoms with van der Waals surface area (Å²) < 4.78 is 0. The average molecular weight is 161 g/mol. The Hall–Kier alpha value is -0.380. The summed E-state index contributed by atoms with van der Waals surface area (Å²) in [6.07, 6.45) is 2.95. The predicted octanol–water partition coefficient (Wildman–Crippen LogP) is -1.80. The van der Waals surface area contributed by atoms with Crippen molar-refractivity contribution in [2.75, 3.05) is 0 Å². The number of carboxylic acids is 1. The van der Waals surface area contributed by atoms with Crippen LogP contribution in [0.5, 0.6) is 0 Å². The van der Waals surface area contributed by atoms with Gasteiger partial charge in [0.1, 0.15) is 0 Å². The summed E-state index contributed by atoms with van der Waals surface area (Å²) in [5, 5.41) is 8.47. The Balaban J connectivity index is 0. The fraction of sp³-hybridized carbons (Fsp3) is 0.143. The maximum absolute atomic E-state index is 10.3. The minimum atomic E-state index is -0.934. The van der Waals surface area contributed by atoms with Gasteiger partial charge < -0.3 is 6.53 Å². The van der Waals surface area contributed by atoms with Crippen LogP contribution in [0.4, 0.5) is 0 Å². The number of hydrogen-bond acceptors (Lipinski definition) is 2. The summed E-state index contributed by atoms with van der Waals surface area (Å²) in [5.74, 6) is -0.934. The molecule has 0 atom stereocenters. The molecule has 1 aromatic rings. The number of carbonyl (C=O) groups is 1. The number of nitrogens with zero attached hydrogens (tertiary/aromatic N) is 1. The summed E-state index contributed by atoms with van der Waals surface area (Å²) in [5.41, 5.74) is 1.10. The molecule has 0 spiro atoms. The molecule has 0 aliphatic heterocycles. The minimum absolute atomic E-state index is 0. The fourth-order valence-corrected chi connectivity index (χ4v) is 0.672. The van der Waals surface area contributed by atoms with Gasteiger partial charge in [-0.15, -0.1) is 0 Å². The second-order valence-corrected chi connectivity index (χ2v) is 2.06. The number of pyridine rings is 1. The molecule has 0 saturated carbocycles. The zero-order valence-electron chi connectivity index (χ0n) is 7.53. The molecule has 1 aromatic heterocycles. The van der Waals surface area contributed by atoms with Gasteiger partial charge in [0.05, 0.1) is 5.56 Å². The molecule has 0 saturated heterocycles. The van der Waals surface area contributed by atoms with Crippen molar-refractivity contribution >= 4 is 5.97 Å². The minimum Gasteiger partial charge on any atom is -1.00 e. The first-order valence-corrected chi connectivity index (χ1v) is 2.85. The number of aromatic nitrogens is 1. The SMILES string of the molecule is Cc1cncc(C(=O)O)c1.[H-].[Na+]. The molecule has 1 N–H and O–H groups in total. The third kappa shape index (κ3) is 3.01. The summed E-state index contributed by atoms with van der Waals surface area (Å²) in [4.78, 5) is 14.0. The molecule has 0 radical (unpaired) electrons. The van der Waals surface area contributed by atoms with Crippen LogP contribution in [0.3, 0.4) is 0 Å². The molecule has 3 nitrogen and oxygen atoms in total. The van der Waals surface area contributed by atoms with Gasteiger partial charge >= 0.3 is 35.5 Å². The van der Waals surface area contributed by atoms with Crippen molar-refractivity contribution < 1.29 is 40.9 Å². The Morgan fingerprint density at radius 1 is 1.64 bits per heavy atom. The van der Waals surface area contributed by atoms with Crippen LogP contribution in [0.25, 0.3) is 0 Å². The third-order valence-corrected chi connectivity index (χ3v) is 1.12. The van der Waals surface area contributed by atoms with Gasteiger partial charge in [0.2, 0.25) is 0 Å². The average Bonchev–Trinajstić information content (AvgIpc) is 1.88. The van der Waals surface area contributed by atoms with Crippen molar-refractivity contribution in [1.82, 2.24) is 4.98 Å². The zero-order chi connectivity index (χ0) is 7.56. The molecule has 0 fully saturated rings. The van der Waals surface area contributed by atoms with E-state index >= 15 is 0 Å². The van der Waals surface area contributed by atoms with Crippen molar-refractivity contribution in [3.63, 3.8) is 0 Å². The zero-order valence-corrected chi connectivity index (χ0v) is 8.53. The van der Waals surface area contributed by atoms with Gasteiger partial charge in [-0.1, -0.05) is 0 Å². The summed E-state index contributed by atoms with van der Waals surface area (Å²) in [6, 6.07) is 1.58. The van der Waals surface area contributed by atoms with Crippen molar-refractivity contribution in [3.05, 3.63) is 29.6 Å². The molecular weight excluding hydrogens is 153 g/mol. The molecule has 4 heteroatoms. The molecule has 0 aromatic carbocycles.